The Morgan fingerprint density at radius 1 is 1.16 bits per heavy atom. The van der Waals surface area contributed by atoms with Gasteiger partial charge in [-0.2, -0.15) is 0 Å². The number of benzene rings is 1. The molecule has 19 heavy (non-hydrogen) atoms. The fourth-order valence-electron chi connectivity index (χ4n) is 3.95. The summed E-state index contributed by atoms with van der Waals surface area (Å²) in [4.78, 5) is 2.57. The van der Waals surface area contributed by atoms with Crippen molar-refractivity contribution in [1.29, 1.82) is 0 Å². The van der Waals surface area contributed by atoms with Crippen molar-refractivity contribution < 1.29 is 0 Å². The second kappa shape index (κ2) is 5.72. The molecule has 3 heteroatoms. The van der Waals surface area contributed by atoms with Crippen LogP contribution in [0.3, 0.4) is 0 Å². The Kier molecular flexibility index (Phi) is 3.99. The van der Waals surface area contributed by atoms with E-state index in [4.69, 9.17) is 17.3 Å². The molecule has 1 aliphatic heterocycles. The Morgan fingerprint density at radius 3 is 2.79 bits per heavy atom. The van der Waals surface area contributed by atoms with Gasteiger partial charge in [-0.05, 0) is 43.2 Å². The van der Waals surface area contributed by atoms with E-state index in [-0.39, 0.29) is 0 Å². The minimum Gasteiger partial charge on any atom is -0.367 e. The largest absolute Gasteiger partial charge is 0.367 e. The van der Waals surface area contributed by atoms with Crippen molar-refractivity contribution in [3.63, 3.8) is 0 Å². The zero-order chi connectivity index (χ0) is 13.2. The normalized spacial score (nSPS) is 27.2. The van der Waals surface area contributed by atoms with Gasteiger partial charge >= 0.3 is 0 Å². The molecule has 2 unspecified atom stereocenters. The maximum absolute atomic E-state index is 6.48. The van der Waals surface area contributed by atoms with E-state index >= 15 is 0 Å². The molecule has 1 saturated heterocycles. The van der Waals surface area contributed by atoms with Gasteiger partial charge in [0.1, 0.15) is 0 Å². The lowest BCUT2D eigenvalue weighted by atomic mass is 9.78. The summed E-state index contributed by atoms with van der Waals surface area (Å²) in [6.07, 6.45) is 8.16. The van der Waals surface area contributed by atoms with Crippen molar-refractivity contribution in [2.45, 2.75) is 51.1 Å². The Bertz CT molecular complexity index is 444. The number of halogens is 1. The molecule has 2 N–H and O–H groups in total. The number of piperidine rings is 1. The van der Waals surface area contributed by atoms with E-state index in [1.165, 1.54) is 49.8 Å². The molecular formula is C16H23ClN2. The summed E-state index contributed by atoms with van der Waals surface area (Å²) in [5, 5.41) is 0.870. The highest BCUT2D eigenvalue weighted by molar-refractivity contribution is 6.33. The standard InChI is InChI=1S/C16H23ClN2/c17-14-8-3-6-13(11-18)16(14)19-10-4-7-12-5-1-2-9-15(12)19/h3,6,8,12,15H,1-2,4-5,7,9-11,18H2. The van der Waals surface area contributed by atoms with Gasteiger partial charge in [-0.3, -0.25) is 0 Å². The molecule has 2 fully saturated rings. The third-order valence-electron chi connectivity index (χ3n) is 4.82. The summed E-state index contributed by atoms with van der Waals surface area (Å²) in [5.74, 6) is 0.865. The van der Waals surface area contributed by atoms with Gasteiger partial charge in [-0.15, -0.1) is 0 Å². The molecule has 0 spiro atoms. The second-order valence-electron chi connectivity index (χ2n) is 5.90. The average molecular weight is 279 g/mol. The average Bonchev–Trinajstić information content (AvgIpc) is 2.46. The summed E-state index contributed by atoms with van der Waals surface area (Å²) in [6, 6.07) is 6.82. The van der Waals surface area contributed by atoms with Crippen LogP contribution in [0.5, 0.6) is 0 Å². The van der Waals surface area contributed by atoms with Crippen LogP contribution >= 0.6 is 11.6 Å². The highest BCUT2D eigenvalue weighted by Gasteiger charge is 2.34. The van der Waals surface area contributed by atoms with Crippen LogP contribution in [-0.2, 0) is 6.54 Å². The van der Waals surface area contributed by atoms with Crippen molar-refractivity contribution >= 4 is 17.3 Å². The van der Waals surface area contributed by atoms with E-state index in [2.05, 4.69) is 11.0 Å². The molecule has 0 radical (unpaired) electrons. The van der Waals surface area contributed by atoms with Crippen molar-refractivity contribution in [2.75, 3.05) is 11.4 Å². The number of nitrogens with zero attached hydrogens (tertiary/aromatic N) is 1. The lowest BCUT2D eigenvalue weighted by Crippen LogP contribution is -2.47. The number of rotatable bonds is 2. The SMILES string of the molecule is NCc1cccc(Cl)c1N1CCCC2CCCCC21. The van der Waals surface area contributed by atoms with E-state index in [1.807, 2.05) is 12.1 Å². The molecule has 104 valence electrons. The Labute approximate surface area is 120 Å². The predicted molar refractivity (Wildman–Crippen MR) is 81.7 cm³/mol. The van der Waals surface area contributed by atoms with Crippen molar-refractivity contribution in [2.24, 2.45) is 11.7 Å². The number of hydrogen-bond acceptors (Lipinski definition) is 2. The first-order valence-electron chi connectivity index (χ1n) is 7.55. The van der Waals surface area contributed by atoms with Crippen molar-refractivity contribution in [3.8, 4) is 0 Å². The molecule has 2 atom stereocenters. The van der Waals surface area contributed by atoms with Gasteiger partial charge in [0.2, 0.25) is 0 Å². The Balaban J connectivity index is 1.96. The molecule has 0 bridgehead atoms. The molecule has 1 heterocycles. The minimum absolute atomic E-state index is 0.573. The van der Waals surface area contributed by atoms with Gasteiger partial charge in [0, 0.05) is 19.1 Å². The maximum atomic E-state index is 6.48. The van der Waals surface area contributed by atoms with Crippen LogP contribution in [-0.4, -0.2) is 12.6 Å². The fraction of sp³-hybridized carbons (Fsp3) is 0.625. The van der Waals surface area contributed by atoms with E-state index < -0.39 is 0 Å². The maximum Gasteiger partial charge on any atom is 0.0643 e. The highest BCUT2D eigenvalue weighted by Crippen LogP contribution is 2.41. The van der Waals surface area contributed by atoms with Gasteiger partial charge in [0.15, 0.2) is 0 Å². The quantitative estimate of drug-likeness (QED) is 0.887. The third-order valence-corrected chi connectivity index (χ3v) is 5.13. The molecule has 2 aliphatic rings. The van der Waals surface area contributed by atoms with E-state index in [0.717, 1.165) is 17.5 Å². The van der Waals surface area contributed by atoms with Crippen LogP contribution in [0, 0.1) is 5.92 Å². The summed E-state index contributed by atoms with van der Waals surface area (Å²) in [5.41, 5.74) is 8.31. The third kappa shape index (κ3) is 2.48. The lowest BCUT2D eigenvalue weighted by Gasteiger charge is -2.46. The van der Waals surface area contributed by atoms with Crippen LogP contribution in [0.2, 0.25) is 5.02 Å². The van der Waals surface area contributed by atoms with Crippen LogP contribution < -0.4 is 10.6 Å². The van der Waals surface area contributed by atoms with E-state index in [1.54, 1.807) is 0 Å². The number of fused-ring (bicyclic) bond motifs is 1. The van der Waals surface area contributed by atoms with Crippen LogP contribution in [0.1, 0.15) is 44.1 Å². The zero-order valence-electron chi connectivity index (χ0n) is 11.4. The summed E-state index contributed by atoms with van der Waals surface area (Å²) in [6.45, 7) is 1.71. The Hall–Kier alpha value is -0.730. The number of nitrogens with two attached hydrogens (primary N) is 1. The predicted octanol–water partition coefficient (Wildman–Crippen LogP) is 3.96. The fourth-order valence-corrected chi connectivity index (χ4v) is 4.25. The Morgan fingerprint density at radius 2 is 1.95 bits per heavy atom. The molecule has 2 nitrogen and oxygen atoms in total. The van der Waals surface area contributed by atoms with Crippen LogP contribution in [0.25, 0.3) is 0 Å². The van der Waals surface area contributed by atoms with Crippen LogP contribution in [0.15, 0.2) is 18.2 Å². The molecule has 3 rings (SSSR count). The first-order valence-corrected chi connectivity index (χ1v) is 7.93. The molecule has 1 saturated carbocycles. The molecule has 0 amide bonds. The molecule has 1 aromatic carbocycles. The lowest BCUT2D eigenvalue weighted by molar-refractivity contribution is 0.243. The summed E-state index contributed by atoms with van der Waals surface area (Å²) >= 11 is 6.48. The van der Waals surface area contributed by atoms with Gasteiger partial charge in [0.25, 0.3) is 0 Å². The first-order chi connectivity index (χ1) is 9.31. The number of anilines is 1. The second-order valence-corrected chi connectivity index (χ2v) is 6.31. The number of para-hydroxylation sites is 1. The molecule has 1 aliphatic carbocycles. The first kappa shape index (κ1) is 13.3. The number of hydrogen-bond donors (Lipinski definition) is 1. The van der Waals surface area contributed by atoms with Gasteiger partial charge in [-0.1, -0.05) is 36.6 Å². The molecule has 1 aromatic rings. The highest BCUT2D eigenvalue weighted by atomic mass is 35.5. The molecule has 0 aromatic heterocycles. The summed E-state index contributed by atoms with van der Waals surface area (Å²) in [7, 11) is 0. The summed E-state index contributed by atoms with van der Waals surface area (Å²) < 4.78 is 0. The van der Waals surface area contributed by atoms with Gasteiger partial charge < -0.3 is 10.6 Å². The van der Waals surface area contributed by atoms with Gasteiger partial charge in [-0.25, -0.2) is 0 Å². The van der Waals surface area contributed by atoms with E-state index in [9.17, 15) is 0 Å². The molecular weight excluding hydrogens is 256 g/mol. The van der Waals surface area contributed by atoms with Crippen molar-refractivity contribution in [3.05, 3.63) is 28.8 Å². The monoisotopic (exact) mass is 278 g/mol. The minimum atomic E-state index is 0.573. The van der Waals surface area contributed by atoms with E-state index in [0.29, 0.717) is 12.6 Å². The van der Waals surface area contributed by atoms with Crippen LogP contribution in [0.4, 0.5) is 5.69 Å². The van der Waals surface area contributed by atoms with Gasteiger partial charge in [0.05, 0.1) is 10.7 Å². The smallest absolute Gasteiger partial charge is 0.0643 e. The van der Waals surface area contributed by atoms with Crippen molar-refractivity contribution in [1.82, 2.24) is 0 Å². The topological polar surface area (TPSA) is 29.3 Å². The zero-order valence-corrected chi connectivity index (χ0v) is 12.2.